The molecule has 0 atom stereocenters. The Balaban J connectivity index is 1.39. The fraction of sp³-hybridized carbons (Fsp3) is 0.250. The summed E-state index contributed by atoms with van der Waals surface area (Å²) in [5, 5.41) is 8.12. The standard InChI is InChI=1S/C24H24N4O3S/c1-15(2)12-21-27-28-22(29)13-19(26-24(28)32-21)14-31-20-10-8-18(9-11-20)25-23(30)17-6-4-16(3)5-7-17/h4-11,13,15H,12,14H2,1-3H3,(H,25,30). The quantitative estimate of drug-likeness (QED) is 0.450. The third-order valence-electron chi connectivity index (χ3n) is 4.74. The van der Waals surface area contributed by atoms with E-state index in [1.165, 1.54) is 21.9 Å². The summed E-state index contributed by atoms with van der Waals surface area (Å²) >= 11 is 1.43. The summed E-state index contributed by atoms with van der Waals surface area (Å²) in [6.45, 7) is 6.37. The summed E-state index contributed by atoms with van der Waals surface area (Å²) in [4.78, 5) is 29.8. The van der Waals surface area contributed by atoms with Crippen molar-refractivity contribution >= 4 is 27.9 Å². The molecule has 0 saturated heterocycles. The molecule has 32 heavy (non-hydrogen) atoms. The van der Waals surface area contributed by atoms with Crippen LogP contribution < -0.4 is 15.6 Å². The first kappa shape index (κ1) is 21.7. The topological polar surface area (TPSA) is 85.6 Å². The van der Waals surface area contributed by atoms with Gasteiger partial charge >= 0.3 is 0 Å². The lowest BCUT2D eigenvalue weighted by atomic mass is 10.1. The molecule has 2 aromatic heterocycles. The van der Waals surface area contributed by atoms with Gasteiger partial charge in [-0.25, -0.2) is 4.98 Å². The van der Waals surface area contributed by atoms with Gasteiger partial charge in [0.25, 0.3) is 11.5 Å². The van der Waals surface area contributed by atoms with Crippen molar-refractivity contribution in [2.45, 2.75) is 33.8 Å². The molecule has 7 nitrogen and oxygen atoms in total. The van der Waals surface area contributed by atoms with E-state index in [9.17, 15) is 9.59 Å². The van der Waals surface area contributed by atoms with E-state index < -0.39 is 0 Å². The number of nitrogens with zero attached hydrogens (tertiary/aromatic N) is 3. The molecule has 0 radical (unpaired) electrons. The SMILES string of the molecule is Cc1ccc(C(=O)Nc2ccc(OCc3cc(=O)n4nc(CC(C)C)sc4n3)cc2)cc1. The normalized spacial score (nSPS) is 11.1. The van der Waals surface area contributed by atoms with Gasteiger partial charge in [0.1, 0.15) is 17.4 Å². The van der Waals surface area contributed by atoms with Crippen LogP contribution in [0.15, 0.2) is 59.4 Å². The number of rotatable bonds is 7. The van der Waals surface area contributed by atoms with E-state index in [0.717, 1.165) is 17.0 Å². The van der Waals surface area contributed by atoms with E-state index in [2.05, 4.69) is 29.2 Å². The second-order valence-electron chi connectivity index (χ2n) is 8.01. The van der Waals surface area contributed by atoms with Gasteiger partial charge in [-0.05, 0) is 49.2 Å². The smallest absolute Gasteiger partial charge is 0.275 e. The Bertz CT molecular complexity index is 1290. The van der Waals surface area contributed by atoms with Crippen molar-refractivity contribution in [2.75, 3.05) is 5.32 Å². The number of ether oxygens (including phenoxy) is 1. The third kappa shape index (κ3) is 5.20. The van der Waals surface area contributed by atoms with E-state index in [-0.39, 0.29) is 18.1 Å². The zero-order valence-corrected chi connectivity index (χ0v) is 19.0. The number of aromatic nitrogens is 3. The molecule has 0 bridgehead atoms. The molecule has 0 saturated carbocycles. The van der Waals surface area contributed by atoms with Crippen LogP contribution in [0.4, 0.5) is 5.69 Å². The van der Waals surface area contributed by atoms with E-state index in [0.29, 0.717) is 33.6 Å². The molecule has 0 fully saturated rings. The fourth-order valence-corrected chi connectivity index (χ4v) is 4.23. The van der Waals surface area contributed by atoms with Crippen molar-refractivity contribution in [1.29, 1.82) is 0 Å². The largest absolute Gasteiger partial charge is 0.487 e. The highest BCUT2D eigenvalue weighted by Gasteiger charge is 2.11. The highest BCUT2D eigenvalue weighted by atomic mass is 32.1. The van der Waals surface area contributed by atoms with Crippen molar-refractivity contribution in [3.05, 3.63) is 86.8 Å². The molecule has 0 aliphatic heterocycles. The van der Waals surface area contributed by atoms with Crippen LogP contribution >= 0.6 is 11.3 Å². The number of hydrogen-bond donors (Lipinski definition) is 1. The molecule has 164 valence electrons. The van der Waals surface area contributed by atoms with Crippen LogP contribution in [-0.2, 0) is 13.0 Å². The predicted molar refractivity (Wildman–Crippen MR) is 126 cm³/mol. The van der Waals surface area contributed by atoms with E-state index in [4.69, 9.17) is 4.74 Å². The number of carbonyl (C=O) groups is 1. The van der Waals surface area contributed by atoms with Crippen molar-refractivity contribution in [2.24, 2.45) is 5.92 Å². The number of carbonyl (C=O) groups excluding carboxylic acids is 1. The van der Waals surface area contributed by atoms with E-state index >= 15 is 0 Å². The molecule has 0 spiro atoms. The van der Waals surface area contributed by atoms with Gasteiger partial charge in [-0.1, -0.05) is 42.9 Å². The highest BCUT2D eigenvalue weighted by molar-refractivity contribution is 7.16. The first-order chi connectivity index (χ1) is 15.4. The number of fused-ring (bicyclic) bond motifs is 1. The van der Waals surface area contributed by atoms with Gasteiger partial charge in [-0.15, -0.1) is 0 Å². The summed E-state index contributed by atoms with van der Waals surface area (Å²) in [5.74, 6) is 0.905. The Morgan fingerprint density at radius 3 is 2.53 bits per heavy atom. The van der Waals surface area contributed by atoms with Crippen LogP contribution in [0.3, 0.4) is 0 Å². The van der Waals surface area contributed by atoms with E-state index in [1.54, 1.807) is 36.4 Å². The van der Waals surface area contributed by atoms with Crippen LogP contribution in [0, 0.1) is 12.8 Å². The molecule has 4 rings (SSSR count). The third-order valence-corrected chi connectivity index (χ3v) is 5.67. The lowest BCUT2D eigenvalue weighted by Gasteiger charge is -2.08. The Hall–Kier alpha value is -3.52. The molecule has 1 N–H and O–H groups in total. The maximum absolute atomic E-state index is 12.4. The zero-order chi connectivity index (χ0) is 22.7. The predicted octanol–water partition coefficient (Wildman–Crippen LogP) is 4.49. The first-order valence-corrected chi connectivity index (χ1v) is 11.2. The summed E-state index contributed by atoms with van der Waals surface area (Å²) < 4.78 is 7.13. The second kappa shape index (κ2) is 9.32. The number of hydrogen-bond acceptors (Lipinski definition) is 6. The lowest BCUT2D eigenvalue weighted by molar-refractivity contribution is 0.102. The van der Waals surface area contributed by atoms with Gasteiger partial charge in [0.2, 0.25) is 4.96 Å². The van der Waals surface area contributed by atoms with Crippen molar-refractivity contribution in [3.63, 3.8) is 0 Å². The van der Waals surface area contributed by atoms with Crippen LogP contribution in [0.25, 0.3) is 4.96 Å². The molecule has 2 aromatic carbocycles. The molecule has 4 aromatic rings. The molecular weight excluding hydrogens is 424 g/mol. The summed E-state index contributed by atoms with van der Waals surface area (Å²) in [6, 6.07) is 15.9. The minimum Gasteiger partial charge on any atom is -0.487 e. The second-order valence-corrected chi connectivity index (χ2v) is 9.05. The summed E-state index contributed by atoms with van der Waals surface area (Å²) in [6.07, 6.45) is 0.812. The summed E-state index contributed by atoms with van der Waals surface area (Å²) in [5.41, 5.74) is 2.71. The molecule has 0 aliphatic rings. The van der Waals surface area contributed by atoms with Crippen LogP contribution in [0.2, 0.25) is 0 Å². The van der Waals surface area contributed by atoms with Crippen LogP contribution in [0.5, 0.6) is 5.75 Å². The van der Waals surface area contributed by atoms with Crippen molar-refractivity contribution in [3.8, 4) is 5.75 Å². The molecule has 2 heterocycles. The van der Waals surface area contributed by atoms with Gasteiger partial charge in [0, 0.05) is 23.7 Å². The van der Waals surface area contributed by atoms with Gasteiger partial charge in [-0.3, -0.25) is 9.59 Å². The number of anilines is 1. The molecule has 0 aliphatic carbocycles. The van der Waals surface area contributed by atoms with Crippen LogP contribution in [-0.4, -0.2) is 20.5 Å². The molecular formula is C24H24N4O3S. The van der Waals surface area contributed by atoms with Gasteiger partial charge < -0.3 is 10.1 Å². The first-order valence-electron chi connectivity index (χ1n) is 10.4. The maximum Gasteiger partial charge on any atom is 0.275 e. The monoisotopic (exact) mass is 448 g/mol. The summed E-state index contributed by atoms with van der Waals surface area (Å²) in [7, 11) is 0. The van der Waals surface area contributed by atoms with Crippen molar-refractivity contribution < 1.29 is 9.53 Å². The zero-order valence-electron chi connectivity index (χ0n) is 18.2. The Morgan fingerprint density at radius 2 is 1.84 bits per heavy atom. The molecule has 8 heteroatoms. The number of benzene rings is 2. The number of aryl methyl sites for hydroxylation is 1. The molecule has 1 amide bonds. The minimum atomic E-state index is -0.214. The van der Waals surface area contributed by atoms with Gasteiger partial charge in [0.05, 0.1) is 5.69 Å². The number of amides is 1. The lowest BCUT2D eigenvalue weighted by Crippen LogP contribution is -2.16. The highest BCUT2D eigenvalue weighted by Crippen LogP contribution is 2.19. The fourth-order valence-electron chi connectivity index (χ4n) is 3.10. The Kier molecular flexibility index (Phi) is 6.32. The van der Waals surface area contributed by atoms with Gasteiger partial charge in [-0.2, -0.15) is 9.61 Å². The number of nitrogens with one attached hydrogen (secondary N) is 1. The Morgan fingerprint density at radius 1 is 1.12 bits per heavy atom. The maximum atomic E-state index is 12.4. The van der Waals surface area contributed by atoms with Crippen molar-refractivity contribution in [1.82, 2.24) is 14.6 Å². The Labute approximate surface area is 189 Å². The average Bonchev–Trinajstić information content (AvgIpc) is 3.16. The van der Waals surface area contributed by atoms with E-state index in [1.807, 2.05) is 19.1 Å². The van der Waals surface area contributed by atoms with Gasteiger partial charge in [0.15, 0.2) is 0 Å². The average molecular weight is 449 g/mol. The van der Waals surface area contributed by atoms with Crippen LogP contribution in [0.1, 0.15) is 40.5 Å². The molecule has 0 unspecified atom stereocenters. The minimum absolute atomic E-state index is 0.165.